The van der Waals surface area contributed by atoms with E-state index in [2.05, 4.69) is 0 Å². The maximum absolute atomic E-state index is 13.6. The summed E-state index contributed by atoms with van der Waals surface area (Å²) in [4.78, 5) is 21.2. The number of benzene rings is 3. The molecule has 0 aliphatic rings. The smallest absolute Gasteiger partial charge is 0.237 e. The monoisotopic (exact) mass is 458 g/mol. The van der Waals surface area contributed by atoms with Crippen LogP contribution in [-0.2, 0) is 11.2 Å². The Morgan fingerprint density at radius 3 is 2.36 bits per heavy atom. The molecule has 168 valence electrons. The predicted molar refractivity (Wildman–Crippen MR) is 134 cm³/mol. The summed E-state index contributed by atoms with van der Waals surface area (Å²) in [5.74, 6) is 1.37. The number of nitrogens with zero attached hydrogens (tertiary/aromatic N) is 2. The second-order valence-corrected chi connectivity index (χ2v) is 8.60. The van der Waals surface area contributed by atoms with Crippen molar-refractivity contribution >= 4 is 28.1 Å². The lowest BCUT2D eigenvalue weighted by Gasteiger charge is -2.22. The number of amides is 1. The predicted octanol–water partition coefficient (Wildman–Crippen LogP) is 6.43. The zero-order valence-electron chi connectivity index (χ0n) is 18.9. The number of para-hydroxylation sites is 2. The SMILES string of the molecule is CCOc1ccc(-c2nc(N(C(=O)Cc3ccccc3)c3ccccc3OC)sc2C)cc1. The van der Waals surface area contributed by atoms with Gasteiger partial charge in [0.1, 0.15) is 11.5 Å². The van der Waals surface area contributed by atoms with Crippen molar-refractivity contribution in [3.63, 3.8) is 0 Å². The van der Waals surface area contributed by atoms with Crippen LogP contribution in [0.2, 0.25) is 0 Å². The molecular formula is C27H26N2O3S. The molecule has 4 aromatic rings. The van der Waals surface area contributed by atoms with Crippen molar-refractivity contribution in [1.82, 2.24) is 4.98 Å². The number of thiazole rings is 1. The average molecular weight is 459 g/mol. The molecule has 0 bridgehead atoms. The van der Waals surface area contributed by atoms with Gasteiger partial charge in [0.05, 0.1) is 31.5 Å². The van der Waals surface area contributed by atoms with Crippen molar-refractivity contribution in [1.29, 1.82) is 0 Å². The lowest BCUT2D eigenvalue weighted by Crippen LogP contribution is -2.28. The molecule has 3 aromatic carbocycles. The third-order valence-electron chi connectivity index (χ3n) is 5.19. The van der Waals surface area contributed by atoms with Crippen molar-refractivity contribution < 1.29 is 14.3 Å². The van der Waals surface area contributed by atoms with E-state index in [9.17, 15) is 4.79 Å². The molecule has 4 rings (SSSR count). The average Bonchev–Trinajstić information content (AvgIpc) is 3.22. The van der Waals surface area contributed by atoms with Crippen molar-refractivity contribution in [2.75, 3.05) is 18.6 Å². The van der Waals surface area contributed by atoms with Crippen molar-refractivity contribution in [2.45, 2.75) is 20.3 Å². The molecule has 1 aromatic heterocycles. The Balaban J connectivity index is 1.74. The van der Waals surface area contributed by atoms with Crippen LogP contribution >= 0.6 is 11.3 Å². The van der Waals surface area contributed by atoms with Gasteiger partial charge in [-0.15, -0.1) is 11.3 Å². The fourth-order valence-corrected chi connectivity index (χ4v) is 4.59. The summed E-state index contributed by atoms with van der Waals surface area (Å²) >= 11 is 1.49. The summed E-state index contributed by atoms with van der Waals surface area (Å²) in [6, 6.07) is 25.1. The van der Waals surface area contributed by atoms with E-state index in [0.717, 1.165) is 27.4 Å². The van der Waals surface area contributed by atoms with Gasteiger partial charge in [-0.25, -0.2) is 4.98 Å². The van der Waals surface area contributed by atoms with Gasteiger partial charge in [0.15, 0.2) is 5.13 Å². The molecule has 1 heterocycles. The van der Waals surface area contributed by atoms with Crippen LogP contribution in [0.1, 0.15) is 17.4 Å². The number of carbonyl (C=O) groups excluding carboxylic acids is 1. The van der Waals surface area contributed by atoms with E-state index < -0.39 is 0 Å². The van der Waals surface area contributed by atoms with Gasteiger partial charge >= 0.3 is 0 Å². The van der Waals surface area contributed by atoms with Gasteiger partial charge < -0.3 is 9.47 Å². The largest absolute Gasteiger partial charge is 0.495 e. The summed E-state index contributed by atoms with van der Waals surface area (Å²) in [6.07, 6.45) is 0.260. The van der Waals surface area contributed by atoms with Crippen LogP contribution in [0, 0.1) is 6.92 Å². The molecule has 6 heteroatoms. The fraction of sp³-hybridized carbons (Fsp3) is 0.185. The fourth-order valence-electron chi connectivity index (χ4n) is 3.63. The number of anilines is 2. The molecule has 0 N–H and O–H groups in total. The highest BCUT2D eigenvalue weighted by atomic mass is 32.1. The van der Waals surface area contributed by atoms with Crippen molar-refractivity contribution in [2.24, 2.45) is 0 Å². The summed E-state index contributed by atoms with van der Waals surface area (Å²) in [5, 5.41) is 0.613. The quantitative estimate of drug-likeness (QED) is 0.305. The molecule has 0 fully saturated rings. The van der Waals surface area contributed by atoms with E-state index in [1.165, 1.54) is 11.3 Å². The van der Waals surface area contributed by atoms with Crippen LogP contribution in [0.5, 0.6) is 11.5 Å². The first-order valence-electron chi connectivity index (χ1n) is 10.8. The van der Waals surface area contributed by atoms with Gasteiger partial charge in [-0.3, -0.25) is 9.69 Å². The number of carbonyl (C=O) groups is 1. The van der Waals surface area contributed by atoms with Gasteiger partial charge in [-0.05, 0) is 55.8 Å². The van der Waals surface area contributed by atoms with Gasteiger partial charge in [0, 0.05) is 10.4 Å². The molecule has 0 saturated heterocycles. The van der Waals surface area contributed by atoms with E-state index in [1.807, 2.05) is 92.7 Å². The second kappa shape index (κ2) is 10.3. The highest BCUT2D eigenvalue weighted by Crippen LogP contribution is 2.39. The molecule has 0 radical (unpaired) electrons. The number of hydrogen-bond acceptors (Lipinski definition) is 5. The summed E-state index contributed by atoms with van der Waals surface area (Å²) in [5.41, 5.74) is 3.45. The zero-order chi connectivity index (χ0) is 23.2. The minimum atomic E-state index is -0.0716. The standard InChI is InChI=1S/C27H26N2O3S/c1-4-32-22-16-14-21(15-17-22)26-19(2)33-27(28-26)29(23-12-8-9-13-24(23)31-3)25(30)18-20-10-6-5-7-11-20/h5-17H,4,18H2,1-3H3. The second-order valence-electron chi connectivity index (χ2n) is 7.42. The minimum absolute atomic E-state index is 0.0716. The summed E-state index contributed by atoms with van der Waals surface area (Å²) in [7, 11) is 1.61. The number of aryl methyl sites for hydroxylation is 1. The van der Waals surface area contributed by atoms with Crippen LogP contribution in [0.4, 0.5) is 10.8 Å². The highest BCUT2D eigenvalue weighted by molar-refractivity contribution is 7.16. The van der Waals surface area contributed by atoms with Crippen molar-refractivity contribution in [3.8, 4) is 22.8 Å². The van der Waals surface area contributed by atoms with E-state index in [1.54, 1.807) is 12.0 Å². The number of aromatic nitrogens is 1. The first kappa shape index (κ1) is 22.6. The molecule has 1 amide bonds. The van der Waals surface area contributed by atoms with Gasteiger partial charge in [-0.2, -0.15) is 0 Å². The molecule has 0 aliphatic carbocycles. The topological polar surface area (TPSA) is 51.7 Å². The Kier molecular flexibility index (Phi) is 7.05. The molecular weight excluding hydrogens is 432 g/mol. The third kappa shape index (κ3) is 5.07. The Bertz CT molecular complexity index is 1220. The van der Waals surface area contributed by atoms with Gasteiger partial charge in [0.25, 0.3) is 0 Å². The highest BCUT2D eigenvalue weighted by Gasteiger charge is 2.25. The zero-order valence-corrected chi connectivity index (χ0v) is 19.8. The lowest BCUT2D eigenvalue weighted by molar-refractivity contribution is -0.117. The van der Waals surface area contributed by atoms with Crippen LogP contribution in [0.25, 0.3) is 11.3 Å². The van der Waals surface area contributed by atoms with Crippen LogP contribution in [0.3, 0.4) is 0 Å². The first-order chi connectivity index (χ1) is 16.1. The third-order valence-corrected chi connectivity index (χ3v) is 6.14. The summed E-state index contributed by atoms with van der Waals surface area (Å²) < 4.78 is 11.1. The minimum Gasteiger partial charge on any atom is -0.495 e. The molecule has 0 saturated carbocycles. The van der Waals surface area contributed by atoms with E-state index in [4.69, 9.17) is 14.5 Å². The normalized spacial score (nSPS) is 10.6. The molecule has 0 unspecified atom stereocenters. The van der Waals surface area contributed by atoms with Crippen molar-refractivity contribution in [3.05, 3.63) is 89.3 Å². The molecule has 0 atom stereocenters. The number of hydrogen-bond donors (Lipinski definition) is 0. The maximum atomic E-state index is 13.6. The molecule has 33 heavy (non-hydrogen) atoms. The van der Waals surface area contributed by atoms with Crippen LogP contribution in [-0.4, -0.2) is 24.6 Å². The van der Waals surface area contributed by atoms with E-state index >= 15 is 0 Å². The number of rotatable bonds is 8. The summed E-state index contributed by atoms with van der Waals surface area (Å²) in [6.45, 7) is 4.61. The first-order valence-corrected chi connectivity index (χ1v) is 11.6. The number of ether oxygens (including phenoxy) is 2. The maximum Gasteiger partial charge on any atom is 0.237 e. The Morgan fingerprint density at radius 1 is 0.970 bits per heavy atom. The van der Waals surface area contributed by atoms with Crippen LogP contribution in [0.15, 0.2) is 78.9 Å². The molecule has 5 nitrogen and oxygen atoms in total. The number of methoxy groups -OCH3 is 1. The van der Waals surface area contributed by atoms with Crippen LogP contribution < -0.4 is 14.4 Å². The Morgan fingerprint density at radius 2 is 1.67 bits per heavy atom. The molecule has 0 spiro atoms. The molecule has 0 aliphatic heterocycles. The van der Waals surface area contributed by atoms with E-state index in [0.29, 0.717) is 23.2 Å². The van der Waals surface area contributed by atoms with Gasteiger partial charge in [0.2, 0.25) is 5.91 Å². The van der Waals surface area contributed by atoms with E-state index in [-0.39, 0.29) is 12.3 Å². The lowest BCUT2D eigenvalue weighted by atomic mass is 10.1. The Labute approximate surface area is 198 Å². The Hall–Kier alpha value is -3.64. The van der Waals surface area contributed by atoms with Gasteiger partial charge in [-0.1, -0.05) is 42.5 Å².